The number of halogens is 1. The van der Waals surface area contributed by atoms with Crippen molar-refractivity contribution in [1.29, 1.82) is 0 Å². The van der Waals surface area contributed by atoms with E-state index in [0.29, 0.717) is 5.41 Å². The average molecular weight is 254 g/mol. The van der Waals surface area contributed by atoms with Gasteiger partial charge >= 0.3 is 0 Å². The molecule has 2 fully saturated rings. The molecule has 2 nitrogen and oxygen atoms in total. The Morgan fingerprint density at radius 3 is 2.41 bits per heavy atom. The molecule has 0 aromatic heterocycles. The first-order valence-corrected chi connectivity index (χ1v) is 6.11. The molecule has 1 aromatic carbocycles. The molecule has 0 spiro atoms. The molecule has 1 aliphatic heterocycles. The highest BCUT2D eigenvalue weighted by molar-refractivity contribution is 5.85. The van der Waals surface area contributed by atoms with Crippen LogP contribution in [0.5, 0.6) is 0 Å². The van der Waals surface area contributed by atoms with E-state index in [2.05, 4.69) is 36.3 Å². The lowest BCUT2D eigenvalue weighted by atomic mass is 9.69. The van der Waals surface area contributed by atoms with E-state index in [1.807, 2.05) is 0 Å². The SMILES string of the molecule is CON1CC(c2ccccc2C)(C2CC2)C1.Cl. The summed E-state index contributed by atoms with van der Waals surface area (Å²) in [5, 5.41) is 2.07. The van der Waals surface area contributed by atoms with Crippen molar-refractivity contribution >= 4 is 12.4 Å². The molecule has 0 amide bonds. The zero-order valence-electron chi connectivity index (χ0n) is 10.5. The summed E-state index contributed by atoms with van der Waals surface area (Å²) in [4.78, 5) is 5.31. The van der Waals surface area contributed by atoms with Crippen LogP contribution in [0.2, 0.25) is 0 Å². The fourth-order valence-electron chi connectivity index (χ4n) is 3.13. The Hall–Kier alpha value is -0.570. The van der Waals surface area contributed by atoms with Gasteiger partial charge in [-0.1, -0.05) is 24.3 Å². The van der Waals surface area contributed by atoms with Crippen LogP contribution in [0.15, 0.2) is 24.3 Å². The van der Waals surface area contributed by atoms with Gasteiger partial charge in [0.05, 0.1) is 7.11 Å². The van der Waals surface area contributed by atoms with E-state index in [4.69, 9.17) is 4.84 Å². The Balaban J connectivity index is 0.00000108. The first-order valence-electron chi connectivity index (χ1n) is 6.11. The van der Waals surface area contributed by atoms with Crippen LogP contribution in [0.3, 0.4) is 0 Å². The second-order valence-corrected chi connectivity index (χ2v) is 5.23. The Morgan fingerprint density at radius 2 is 1.88 bits per heavy atom. The predicted octanol–water partition coefficient (Wildman–Crippen LogP) is 2.94. The van der Waals surface area contributed by atoms with Gasteiger partial charge < -0.3 is 4.84 Å². The number of hydrogen-bond donors (Lipinski definition) is 0. The van der Waals surface area contributed by atoms with Crippen molar-refractivity contribution in [3.8, 4) is 0 Å². The van der Waals surface area contributed by atoms with Gasteiger partial charge in [0.15, 0.2) is 0 Å². The summed E-state index contributed by atoms with van der Waals surface area (Å²) in [5.74, 6) is 0.889. The molecule has 0 bridgehead atoms. The second-order valence-electron chi connectivity index (χ2n) is 5.23. The molecule has 1 aromatic rings. The highest BCUT2D eigenvalue weighted by Crippen LogP contribution is 2.53. The van der Waals surface area contributed by atoms with Crippen LogP contribution in [0.1, 0.15) is 24.0 Å². The fourth-order valence-corrected chi connectivity index (χ4v) is 3.13. The number of rotatable bonds is 3. The highest BCUT2D eigenvalue weighted by Gasteiger charge is 2.54. The molecule has 1 saturated carbocycles. The third kappa shape index (κ3) is 1.99. The summed E-state index contributed by atoms with van der Waals surface area (Å²) in [5.41, 5.74) is 3.37. The molecule has 2 aliphatic rings. The number of aryl methyl sites for hydroxylation is 1. The van der Waals surface area contributed by atoms with Crippen LogP contribution >= 0.6 is 12.4 Å². The van der Waals surface area contributed by atoms with Crippen LogP contribution in [0.25, 0.3) is 0 Å². The lowest BCUT2D eigenvalue weighted by Gasteiger charge is -2.50. The molecule has 3 heteroatoms. The first kappa shape index (κ1) is 12.9. The summed E-state index contributed by atoms with van der Waals surface area (Å²) < 4.78 is 0. The van der Waals surface area contributed by atoms with E-state index in [0.717, 1.165) is 19.0 Å². The number of hydroxylamine groups is 2. The van der Waals surface area contributed by atoms with Crippen LogP contribution in [-0.4, -0.2) is 25.3 Å². The predicted molar refractivity (Wildman–Crippen MR) is 71.4 cm³/mol. The van der Waals surface area contributed by atoms with Crippen molar-refractivity contribution in [2.24, 2.45) is 5.92 Å². The van der Waals surface area contributed by atoms with Crippen molar-refractivity contribution in [1.82, 2.24) is 5.06 Å². The van der Waals surface area contributed by atoms with Crippen molar-refractivity contribution in [3.63, 3.8) is 0 Å². The number of hydrogen-bond acceptors (Lipinski definition) is 2. The normalized spacial score (nSPS) is 22.7. The van der Waals surface area contributed by atoms with Crippen LogP contribution in [0, 0.1) is 12.8 Å². The van der Waals surface area contributed by atoms with Crippen LogP contribution < -0.4 is 0 Å². The average Bonchev–Trinajstić information content (AvgIpc) is 3.04. The monoisotopic (exact) mass is 253 g/mol. The minimum absolute atomic E-state index is 0. The first-order chi connectivity index (χ1) is 7.76. The van der Waals surface area contributed by atoms with Gasteiger partial charge in [-0.05, 0) is 36.8 Å². The zero-order valence-corrected chi connectivity index (χ0v) is 11.3. The highest BCUT2D eigenvalue weighted by atomic mass is 35.5. The van der Waals surface area contributed by atoms with Gasteiger partial charge in [0.2, 0.25) is 0 Å². The molecule has 0 unspecified atom stereocenters. The van der Waals surface area contributed by atoms with Crippen LogP contribution in [-0.2, 0) is 10.3 Å². The summed E-state index contributed by atoms with van der Waals surface area (Å²) in [6.45, 7) is 4.37. The lowest BCUT2D eigenvalue weighted by Crippen LogP contribution is -2.60. The smallest absolute Gasteiger partial charge is 0.0575 e. The molecule has 0 radical (unpaired) electrons. The van der Waals surface area contributed by atoms with Gasteiger partial charge in [-0.25, -0.2) is 0 Å². The van der Waals surface area contributed by atoms with Crippen molar-refractivity contribution < 1.29 is 4.84 Å². The minimum atomic E-state index is 0. The van der Waals surface area contributed by atoms with Gasteiger partial charge in [0.1, 0.15) is 0 Å². The molecule has 1 heterocycles. The summed E-state index contributed by atoms with van der Waals surface area (Å²) in [6.07, 6.45) is 2.79. The number of nitrogens with zero attached hydrogens (tertiary/aromatic N) is 1. The number of benzene rings is 1. The maximum Gasteiger partial charge on any atom is 0.0575 e. The maximum atomic E-state index is 5.31. The van der Waals surface area contributed by atoms with E-state index in [1.54, 1.807) is 12.7 Å². The molecular weight excluding hydrogens is 234 g/mol. The molecule has 0 N–H and O–H groups in total. The largest absolute Gasteiger partial charge is 0.302 e. The molecule has 94 valence electrons. The van der Waals surface area contributed by atoms with Gasteiger partial charge in [-0.2, -0.15) is 5.06 Å². The minimum Gasteiger partial charge on any atom is -0.302 e. The maximum absolute atomic E-state index is 5.31. The van der Waals surface area contributed by atoms with Crippen LogP contribution in [0.4, 0.5) is 0 Å². The van der Waals surface area contributed by atoms with E-state index >= 15 is 0 Å². The van der Waals surface area contributed by atoms with Crippen molar-refractivity contribution in [3.05, 3.63) is 35.4 Å². The molecule has 0 atom stereocenters. The molecule has 3 rings (SSSR count). The standard InChI is InChI=1S/C14H19NO.ClH/c1-11-5-3-4-6-13(11)14(12-7-8-12)9-15(10-14)16-2;/h3-6,12H,7-10H2,1-2H3;1H. The summed E-state index contributed by atoms with van der Waals surface area (Å²) in [7, 11) is 1.77. The Morgan fingerprint density at radius 1 is 1.24 bits per heavy atom. The fraction of sp³-hybridized carbons (Fsp3) is 0.571. The Kier molecular flexibility index (Phi) is 3.48. The zero-order chi connectivity index (χ0) is 11.2. The van der Waals surface area contributed by atoms with E-state index in [1.165, 1.54) is 18.4 Å². The molecule has 1 saturated heterocycles. The van der Waals surface area contributed by atoms with E-state index in [9.17, 15) is 0 Å². The van der Waals surface area contributed by atoms with E-state index in [-0.39, 0.29) is 12.4 Å². The van der Waals surface area contributed by atoms with E-state index < -0.39 is 0 Å². The summed E-state index contributed by atoms with van der Waals surface area (Å²) >= 11 is 0. The molecule has 17 heavy (non-hydrogen) atoms. The quantitative estimate of drug-likeness (QED) is 0.821. The van der Waals surface area contributed by atoms with Gasteiger partial charge in [0, 0.05) is 18.5 Å². The topological polar surface area (TPSA) is 12.5 Å². The Labute approximate surface area is 109 Å². The second kappa shape index (κ2) is 4.60. The summed E-state index contributed by atoms with van der Waals surface area (Å²) in [6, 6.07) is 8.84. The third-order valence-electron chi connectivity index (χ3n) is 4.22. The van der Waals surface area contributed by atoms with Gasteiger partial charge in [0.25, 0.3) is 0 Å². The van der Waals surface area contributed by atoms with Crippen molar-refractivity contribution in [2.45, 2.75) is 25.2 Å². The van der Waals surface area contributed by atoms with Crippen molar-refractivity contribution in [2.75, 3.05) is 20.2 Å². The third-order valence-corrected chi connectivity index (χ3v) is 4.22. The molecule has 1 aliphatic carbocycles. The lowest BCUT2D eigenvalue weighted by molar-refractivity contribution is -0.213. The molecular formula is C14H20ClNO. The van der Waals surface area contributed by atoms with Gasteiger partial charge in [-0.15, -0.1) is 12.4 Å². The Bertz CT molecular complexity index is 397. The van der Waals surface area contributed by atoms with Gasteiger partial charge in [-0.3, -0.25) is 0 Å².